The molecule has 2 N–H and O–H groups in total. The average molecular weight is 346 g/mol. The van der Waals surface area contributed by atoms with Gasteiger partial charge in [-0.05, 0) is 24.8 Å². The summed E-state index contributed by atoms with van der Waals surface area (Å²) in [5.41, 5.74) is 0.896. The summed E-state index contributed by atoms with van der Waals surface area (Å²) in [6.45, 7) is 2.52. The van der Waals surface area contributed by atoms with Crippen molar-refractivity contribution < 1.29 is 19.5 Å². The van der Waals surface area contributed by atoms with Crippen molar-refractivity contribution in [3.8, 4) is 0 Å². The van der Waals surface area contributed by atoms with Gasteiger partial charge < -0.3 is 15.3 Å². The number of amides is 2. The Hall–Kier alpha value is -2.37. The van der Waals surface area contributed by atoms with Crippen LogP contribution in [-0.2, 0) is 20.8 Å². The van der Waals surface area contributed by atoms with Gasteiger partial charge in [-0.15, -0.1) is 0 Å². The van der Waals surface area contributed by atoms with Gasteiger partial charge in [0.25, 0.3) is 0 Å². The molecule has 0 saturated carbocycles. The number of carbonyl (C=O) groups is 3. The van der Waals surface area contributed by atoms with E-state index in [2.05, 4.69) is 5.32 Å². The molecule has 2 amide bonds. The van der Waals surface area contributed by atoms with Gasteiger partial charge in [-0.1, -0.05) is 43.7 Å². The highest BCUT2D eigenvalue weighted by atomic mass is 16.4. The number of nitrogens with one attached hydrogen (secondary N) is 1. The van der Waals surface area contributed by atoms with E-state index in [-0.39, 0.29) is 30.7 Å². The van der Waals surface area contributed by atoms with Crippen LogP contribution >= 0.6 is 0 Å². The number of aliphatic carboxylic acids is 1. The first-order valence-corrected chi connectivity index (χ1v) is 8.86. The standard InChI is InChI=1S/C19H26N2O4/c1-2-7-16(20-17(22)12-14-8-4-3-5-9-14)19(25)21-11-6-10-15(21)13-18(23)24/h3-5,8-9,15-16H,2,6-7,10-13H2,1H3,(H,20,22)(H,23,24). The highest BCUT2D eigenvalue weighted by molar-refractivity contribution is 5.89. The largest absolute Gasteiger partial charge is 0.481 e. The van der Waals surface area contributed by atoms with E-state index in [9.17, 15) is 14.4 Å². The lowest BCUT2D eigenvalue weighted by Crippen LogP contribution is -2.50. The van der Waals surface area contributed by atoms with E-state index < -0.39 is 12.0 Å². The molecule has 25 heavy (non-hydrogen) atoms. The molecule has 2 rings (SSSR count). The second-order valence-corrected chi connectivity index (χ2v) is 6.50. The number of nitrogens with zero attached hydrogens (tertiary/aromatic N) is 1. The van der Waals surface area contributed by atoms with Gasteiger partial charge >= 0.3 is 5.97 Å². The Morgan fingerprint density at radius 3 is 2.64 bits per heavy atom. The molecule has 1 fully saturated rings. The molecular formula is C19H26N2O4. The van der Waals surface area contributed by atoms with Crippen molar-refractivity contribution in [2.24, 2.45) is 0 Å². The van der Waals surface area contributed by atoms with E-state index in [0.717, 1.165) is 18.4 Å². The molecule has 0 bridgehead atoms. The van der Waals surface area contributed by atoms with Crippen molar-refractivity contribution in [3.05, 3.63) is 35.9 Å². The first-order valence-electron chi connectivity index (χ1n) is 8.86. The van der Waals surface area contributed by atoms with E-state index in [1.54, 1.807) is 4.90 Å². The Morgan fingerprint density at radius 1 is 1.28 bits per heavy atom. The molecule has 1 aromatic carbocycles. The molecule has 1 saturated heterocycles. The van der Waals surface area contributed by atoms with E-state index in [1.165, 1.54) is 0 Å². The molecule has 0 aliphatic carbocycles. The van der Waals surface area contributed by atoms with Gasteiger partial charge in [-0.3, -0.25) is 14.4 Å². The molecule has 1 aromatic rings. The van der Waals surface area contributed by atoms with Crippen LogP contribution in [0.1, 0.15) is 44.6 Å². The number of carboxylic acid groups (broad SMARTS) is 1. The number of hydrogen-bond donors (Lipinski definition) is 2. The number of rotatable bonds is 8. The van der Waals surface area contributed by atoms with Crippen LogP contribution in [0, 0.1) is 0 Å². The topological polar surface area (TPSA) is 86.7 Å². The maximum absolute atomic E-state index is 12.8. The fourth-order valence-electron chi connectivity index (χ4n) is 3.31. The maximum atomic E-state index is 12.8. The molecule has 1 aliphatic rings. The third-order valence-corrected chi connectivity index (χ3v) is 4.49. The summed E-state index contributed by atoms with van der Waals surface area (Å²) < 4.78 is 0. The predicted octanol–water partition coefficient (Wildman–Crippen LogP) is 1.98. The number of carboxylic acids is 1. The zero-order valence-electron chi connectivity index (χ0n) is 14.6. The molecule has 6 heteroatoms. The average Bonchev–Trinajstić information content (AvgIpc) is 3.02. The van der Waals surface area contributed by atoms with Crippen molar-refractivity contribution >= 4 is 17.8 Å². The first-order chi connectivity index (χ1) is 12.0. The lowest BCUT2D eigenvalue weighted by atomic mass is 10.1. The van der Waals surface area contributed by atoms with Gasteiger partial charge in [0.1, 0.15) is 6.04 Å². The van der Waals surface area contributed by atoms with Crippen molar-refractivity contribution in [3.63, 3.8) is 0 Å². The fraction of sp³-hybridized carbons (Fsp3) is 0.526. The van der Waals surface area contributed by atoms with Crippen molar-refractivity contribution in [2.75, 3.05) is 6.54 Å². The lowest BCUT2D eigenvalue weighted by Gasteiger charge is -2.28. The Balaban J connectivity index is 1.99. The smallest absolute Gasteiger partial charge is 0.305 e. The van der Waals surface area contributed by atoms with Crippen LogP contribution in [0.4, 0.5) is 0 Å². The highest BCUT2D eigenvalue weighted by Gasteiger charge is 2.34. The van der Waals surface area contributed by atoms with Crippen LogP contribution in [0.2, 0.25) is 0 Å². The molecule has 1 heterocycles. The minimum atomic E-state index is -0.898. The Labute approximate surface area is 148 Å². The summed E-state index contributed by atoms with van der Waals surface area (Å²) in [5, 5.41) is 11.9. The number of carbonyl (C=O) groups excluding carboxylic acids is 2. The normalized spacial score (nSPS) is 18.0. The number of hydrogen-bond acceptors (Lipinski definition) is 3. The summed E-state index contributed by atoms with van der Waals surface area (Å²) in [7, 11) is 0. The molecular weight excluding hydrogens is 320 g/mol. The van der Waals surface area contributed by atoms with E-state index in [4.69, 9.17) is 5.11 Å². The van der Waals surface area contributed by atoms with E-state index in [0.29, 0.717) is 19.4 Å². The number of benzene rings is 1. The Morgan fingerprint density at radius 2 is 2.00 bits per heavy atom. The molecule has 136 valence electrons. The van der Waals surface area contributed by atoms with Crippen LogP contribution in [-0.4, -0.2) is 46.4 Å². The summed E-state index contributed by atoms with van der Waals surface area (Å²) in [4.78, 5) is 37.8. The summed E-state index contributed by atoms with van der Waals surface area (Å²) in [5.74, 6) is -1.25. The quantitative estimate of drug-likeness (QED) is 0.753. The fourth-order valence-corrected chi connectivity index (χ4v) is 3.31. The SMILES string of the molecule is CCCC(NC(=O)Cc1ccccc1)C(=O)N1CCCC1CC(=O)O. The zero-order chi connectivity index (χ0) is 18.2. The summed E-state index contributed by atoms with van der Waals surface area (Å²) in [6.07, 6.45) is 3.01. The molecule has 6 nitrogen and oxygen atoms in total. The minimum Gasteiger partial charge on any atom is -0.481 e. The van der Waals surface area contributed by atoms with Gasteiger partial charge in [-0.25, -0.2) is 0 Å². The lowest BCUT2D eigenvalue weighted by molar-refractivity contribution is -0.141. The second kappa shape index (κ2) is 9.20. The molecule has 1 aliphatic heterocycles. The molecule has 2 atom stereocenters. The van der Waals surface area contributed by atoms with Gasteiger partial charge in [-0.2, -0.15) is 0 Å². The third kappa shape index (κ3) is 5.59. The van der Waals surface area contributed by atoms with Crippen LogP contribution in [0.15, 0.2) is 30.3 Å². The van der Waals surface area contributed by atoms with Crippen LogP contribution in [0.25, 0.3) is 0 Å². The van der Waals surface area contributed by atoms with Gasteiger partial charge in [0.2, 0.25) is 11.8 Å². The predicted molar refractivity (Wildman–Crippen MR) is 94.0 cm³/mol. The molecule has 0 spiro atoms. The monoisotopic (exact) mass is 346 g/mol. The van der Waals surface area contributed by atoms with E-state index >= 15 is 0 Å². The van der Waals surface area contributed by atoms with Crippen molar-refractivity contribution in [2.45, 2.75) is 57.5 Å². The van der Waals surface area contributed by atoms with E-state index in [1.807, 2.05) is 37.3 Å². The Bertz CT molecular complexity index is 603. The zero-order valence-corrected chi connectivity index (χ0v) is 14.6. The Kier molecular flexibility index (Phi) is 6.98. The van der Waals surface area contributed by atoms with Crippen LogP contribution in [0.5, 0.6) is 0 Å². The van der Waals surface area contributed by atoms with Gasteiger partial charge in [0.05, 0.1) is 12.8 Å². The summed E-state index contributed by atoms with van der Waals surface area (Å²) in [6, 6.07) is 8.53. The van der Waals surface area contributed by atoms with Crippen LogP contribution in [0.3, 0.4) is 0 Å². The van der Waals surface area contributed by atoms with Crippen LogP contribution < -0.4 is 5.32 Å². The molecule has 0 aromatic heterocycles. The molecule has 2 unspecified atom stereocenters. The van der Waals surface area contributed by atoms with Gasteiger partial charge in [0, 0.05) is 12.6 Å². The minimum absolute atomic E-state index is 0.0391. The number of likely N-dealkylation sites (tertiary alicyclic amines) is 1. The van der Waals surface area contributed by atoms with Gasteiger partial charge in [0.15, 0.2) is 0 Å². The van der Waals surface area contributed by atoms with Crippen molar-refractivity contribution in [1.82, 2.24) is 10.2 Å². The maximum Gasteiger partial charge on any atom is 0.305 e. The first kappa shape index (κ1) is 19.0. The second-order valence-electron chi connectivity index (χ2n) is 6.50. The highest BCUT2D eigenvalue weighted by Crippen LogP contribution is 2.22. The molecule has 0 radical (unpaired) electrons. The van der Waals surface area contributed by atoms with Crippen molar-refractivity contribution in [1.29, 1.82) is 0 Å². The summed E-state index contributed by atoms with van der Waals surface area (Å²) >= 11 is 0. The third-order valence-electron chi connectivity index (χ3n) is 4.49.